The van der Waals surface area contributed by atoms with Gasteiger partial charge in [0.1, 0.15) is 5.69 Å². The number of aromatic nitrogens is 1. The predicted molar refractivity (Wildman–Crippen MR) is 83.6 cm³/mol. The zero-order valence-electron chi connectivity index (χ0n) is 12.6. The lowest BCUT2D eigenvalue weighted by Gasteiger charge is -2.12. The maximum Gasteiger partial charge on any atom is 0.431 e. The van der Waals surface area contributed by atoms with Gasteiger partial charge in [-0.05, 0) is 42.5 Å². The van der Waals surface area contributed by atoms with Crippen LogP contribution in [0, 0.1) is 0 Å². The quantitative estimate of drug-likeness (QED) is 0.682. The summed E-state index contributed by atoms with van der Waals surface area (Å²) in [5.74, 6) is -0.0526. The highest BCUT2D eigenvalue weighted by Crippen LogP contribution is 2.37. The largest absolute Gasteiger partial charge is 0.454 e. The monoisotopic (exact) mass is 348 g/mol. The lowest BCUT2D eigenvalue weighted by atomic mass is 10.2. The lowest BCUT2D eigenvalue weighted by molar-refractivity contribution is -0.142. The first-order valence-corrected chi connectivity index (χ1v) is 7.27. The van der Waals surface area contributed by atoms with Crippen LogP contribution in [0.4, 0.5) is 18.9 Å². The van der Waals surface area contributed by atoms with Gasteiger partial charge in [-0.3, -0.25) is 9.36 Å². The molecular weight excluding hydrogens is 337 g/mol. The van der Waals surface area contributed by atoms with Crippen LogP contribution in [0.25, 0.3) is 10.9 Å². The molecule has 2 heterocycles. The number of nitrogens with zero attached hydrogens (tertiary/aromatic N) is 1. The number of hydrogen-bond acceptors (Lipinski definition) is 4. The van der Waals surface area contributed by atoms with E-state index in [1.165, 1.54) is 36.4 Å². The molecule has 2 aromatic carbocycles. The summed E-state index contributed by atoms with van der Waals surface area (Å²) in [5, 5.41) is 0.237. The second-order valence-corrected chi connectivity index (χ2v) is 5.55. The van der Waals surface area contributed by atoms with Crippen molar-refractivity contribution in [3.63, 3.8) is 0 Å². The Hall–Kier alpha value is -3.16. The van der Waals surface area contributed by atoms with E-state index in [2.05, 4.69) is 0 Å². The summed E-state index contributed by atoms with van der Waals surface area (Å²) >= 11 is 0. The molecule has 0 saturated carbocycles. The number of nitrogens with two attached hydrogens (primary N) is 1. The first kappa shape index (κ1) is 15.4. The zero-order chi connectivity index (χ0) is 17.8. The maximum atomic E-state index is 13.4. The third-order valence-electron chi connectivity index (χ3n) is 3.94. The van der Waals surface area contributed by atoms with Gasteiger partial charge >= 0.3 is 6.18 Å². The van der Waals surface area contributed by atoms with Gasteiger partial charge in [0.25, 0.3) is 5.91 Å². The number of halogens is 3. The number of carbonyl (C=O) groups excluding carboxylic acids is 1. The minimum atomic E-state index is -4.69. The molecule has 5 nitrogen and oxygen atoms in total. The Morgan fingerprint density at radius 2 is 1.80 bits per heavy atom. The molecule has 0 spiro atoms. The second kappa shape index (κ2) is 5.17. The zero-order valence-corrected chi connectivity index (χ0v) is 12.6. The van der Waals surface area contributed by atoms with Crippen LogP contribution in [0.1, 0.15) is 16.1 Å². The van der Waals surface area contributed by atoms with Crippen LogP contribution in [-0.2, 0) is 6.18 Å². The Morgan fingerprint density at radius 3 is 2.56 bits per heavy atom. The van der Waals surface area contributed by atoms with Crippen LogP contribution in [-0.4, -0.2) is 17.3 Å². The standard InChI is InChI=1S/C17H11F3N2O3/c18-17(19,20)15-7-10-5-11(21)2-3-12(10)22(15)16(23)9-1-4-13-14(6-9)25-8-24-13/h1-7H,8,21H2. The number of alkyl halides is 3. The highest BCUT2D eigenvalue weighted by Gasteiger charge is 2.37. The van der Waals surface area contributed by atoms with Crippen molar-refractivity contribution < 1.29 is 27.4 Å². The molecule has 1 aliphatic rings. The second-order valence-electron chi connectivity index (χ2n) is 5.55. The van der Waals surface area contributed by atoms with Crippen molar-refractivity contribution in [2.24, 2.45) is 0 Å². The number of rotatable bonds is 1. The van der Waals surface area contributed by atoms with Gasteiger partial charge in [0.05, 0.1) is 5.52 Å². The normalized spacial score (nSPS) is 13.4. The van der Waals surface area contributed by atoms with E-state index in [4.69, 9.17) is 15.2 Å². The Bertz CT molecular complexity index is 1010. The van der Waals surface area contributed by atoms with Crippen LogP contribution in [0.15, 0.2) is 42.5 Å². The van der Waals surface area contributed by atoms with Crippen LogP contribution in [0.2, 0.25) is 0 Å². The van der Waals surface area contributed by atoms with Crippen molar-refractivity contribution in [3.05, 3.63) is 53.7 Å². The minimum Gasteiger partial charge on any atom is -0.454 e. The number of nitrogen functional groups attached to an aromatic ring is 1. The van der Waals surface area contributed by atoms with Gasteiger partial charge in [-0.15, -0.1) is 0 Å². The number of ether oxygens (including phenoxy) is 2. The molecule has 1 aliphatic heterocycles. The van der Waals surface area contributed by atoms with Gasteiger partial charge in [-0.1, -0.05) is 0 Å². The summed E-state index contributed by atoms with van der Waals surface area (Å²) in [6.45, 7) is 0.00645. The van der Waals surface area contributed by atoms with Crippen LogP contribution in [0.3, 0.4) is 0 Å². The molecule has 3 aromatic rings. The number of benzene rings is 2. The molecule has 0 radical (unpaired) electrons. The molecule has 0 aliphatic carbocycles. The van der Waals surface area contributed by atoms with Crippen LogP contribution in [0.5, 0.6) is 11.5 Å². The molecule has 2 N–H and O–H groups in total. The maximum absolute atomic E-state index is 13.4. The third kappa shape index (κ3) is 2.46. The summed E-state index contributed by atoms with van der Waals surface area (Å²) in [5.41, 5.74) is 5.08. The van der Waals surface area contributed by atoms with E-state index in [1.54, 1.807) is 0 Å². The van der Waals surface area contributed by atoms with E-state index in [0.29, 0.717) is 21.8 Å². The molecule has 0 bridgehead atoms. The van der Waals surface area contributed by atoms with Crippen molar-refractivity contribution in [2.45, 2.75) is 6.18 Å². The Morgan fingerprint density at radius 1 is 1.04 bits per heavy atom. The van der Waals surface area contributed by atoms with E-state index < -0.39 is 17.8 Å². The van der Waals surface area contributed by atoms with Gasteiger partial charge in [-0.25, -0.2) is 0 Å². The number of hydrogen-bond donors (Lipinski definition) is 1. The van der Waals surface area contributed by atoms with Gasteiger partial charge in [-0.2, -0.15) is 13.2 Å². The fourth-order valence-corrected chi connectivity index (χ4v) is 2.82. The highest BCUT2D eigenvalue weighted by molar-refractivity contribution is 6.04. The number of carbonyl (C=O) groups is 1. The topological polar surface area (TPSA) is 66.5 Å². The fourth-order valence-electron chi connectivity index (χ4n) is 2.82. The first-order valence-electron chi connectivity index (χ1n) is 7.27. The molecule has 0 fully saturated rings. The first-order chi connectivity index (χ1) is 11.8. The molecule has 0 saturated heterocycles. The molecule has 8 heteroatoms. The molecular formula is C17H11F3N2O3. The number of fused-ring (bicyclic) bond motifs is 2. The van der Waals surface area contributed by atoms with Crippen molar-refractivity contribution >= 4 is 22.5 Å². The van der Waals surface area contributed by atoms with Crippen LogP contribution >= 0.6 is 0 Å². The van der Waals surface area contributed by atoms with Crippen molar-refractivity contribution in [2.75, 3.05) is 12.5 Å². The molecule has 0 unspecified atom stereocenters. The average Bonchev–Trinajstić information content (AvgIpc) is 3.16. The average molecular weight is 348 g/mol. The predicted octanol–water partition coefficient (Wildman–Crippen LogP) is 3.66. The van der Waals surface area contributed by atoms with Crippen molar-refractivity contribution in [3.8, 4) is 11.5 Å². The van der Waals surface area contributed by atoms with Gasteiger partial charge in [0.15, 0.2) is 11.5 Å². The van der Waals surface area contributed by atoms with Crippen molar-refractivity contribution in [1.29, 1.82) is 0 Å². The summed E-state index contributed by atoms with van der Waals surface area (Å²) in [6, 6.07) is 9.42. The lowest BCUT2D eigenvalue weighted by Crippen LogP contribution is -2.20. The minimum absolute atomic E-state index is 0.00645. The number of anilines is 1. The summed E-state index contributed by atoms with van der Waals surface area (Å²) in [6.07, 6.45) is -4.69. The highest BCUT2D eigenvalue weighted by atomic mass is 19.4. The molecule has 4 rings (SSSR count). The molecule has 25 heavy (non-hydrogen) atoms. The molecule has 128 valence electrons. The molecule has 0 atom stereocenters. The van der Waals surface area contributed by atoms with Crippen LogP contribution < -0.4 is 15.2 Å². The summed E-state index contributed by atoms with van der Waals surface area (Å²) in [7, 11) is 0. The van der Waals surface area contributed by atoms with E-state index in [9.17, 15) is 18.0 Å². The molecule has 1 aromatic heterocycles. The Labute approximate surface area is 139 Å². The Balaban J connectivity index is 1.91. The molecule has 0 amide bonds. The van der Waals surface area contributed by atoms with E-state index in [-0.39, 0.29) is 23.3 Å². The van der Waals surface area contributed by atoms with Gasteiger partial charge in [0.2, 0.25) is 6.79 Å². The fraction of sp³-hybridized carbons (Fsp3) is 0.118. The SMILES string of the molecule is Nc1ccc2c(c1)cc(C(F)(F)F)n2C(=O)c1ccc2c(c1)OCO2. The van der Waals surface area contributed by atoms with Gasteiger partial charge in [0, 0.05) is 16.6 Å². The Kier molecular flexibility index (Phi) is 3.18. The third-order valence-corrected chi connectivity index (χ3v) is 3.94. The summed E-state index contributed by atoms with van der Waals surface area (Å²) in [4.78, 5) is 12.8. The smallest absolute Gasteiger partial charge is 0.431 e. The van der Waals surface area contributed by atoms with E-state index in [0.717, 1.165) is 6.07 Å². The van der Waals surface area contributed by atoms with E-state index in [1.807, 2.05) is 0 Å². The van der Waals surface area contributed by atoms with Gasteiger partial charge < -0.3 is 15.2 Å². The van der Waals surface area contributed by atoms with Crippen molar-refractivity contribution in [1.82, 2.24) is 4.57 Å². The summed E-state index contributed by atoms with van der Waals surface area (Å²) < 4.78 is 51.3. The van der Waals surface area contributed by atoms with E-state index >= 15 is 0 Å².